The fourth-order valence-electron chi connectivity index (χ4n) is 1.75. The van der Waals surface area contributed by atoms with Gasteiger partial charge in [0.2, 0.25) is 5.91 Å². The van der Waals surface area contributed by atoms with Crippen LogP contribution in [-0.4, -0.2) is 29.6 Å². The predicted molar refractivity (Wildman–Crippen MR) is 58.1 cm³/mol. The summed E-state index contributed by atoms with van der Waals surface area (Å²) < 4.78 is 0. The van der Waals surface area contributed by atoms with Crippen molar-refractivity contribution < 1.29 is 4.79 Å². The highest BCUT2D eigenvalue weighted by atomic mass is 32.1. The van der Waals surface area contributed by atoms with Gasteiger partial charge in [-0.2, -0.15) is 12.6 Å². The van der Waals surface area contributed by atoms with Gasteiger partial charge in [-0.3, -0.25) is 4.79 Å². The van der Waals surface area contributed by atoms with Crippen molar-refractivity contribution in [1.29, 1.82) is 0 Å². The third-order valence-electron chi connectivity index (χ3n) is 2.58. The second-order valence-electron chi connectivity index (χ2n) is 3.80. The molecule has 1 heterocycles. The van der Waals surface area contributed by atoms with Crippen LogP contribution in [0.2, 0.25) is 0 Å². The molecule has 0 aliphatic carbocycles. The van der Waals surface area contributed by atoms with Crippen molar-refractivity contribution >= 4 is 18.5 Å². The minimum Gasteiger partial charge on any atom is -0.342 e. The van der Waals surface area contributed by atoms with Gasteiger partial charge in [0.25, 0.3) is 0 Å². The SMILES string of the molecule is CCCCCN1CC(CS)CC1=O. The molecule has 0 N–H and O–H groups in total. The molecule has 1 rings (SSSR count). The Morgan fingerprint density at radius 1 is 1.54 bits per heavy atom. The van der Waals surface area contributed by atoms with Gasteiger partial charge >= 0.3 is 0 Å². The van der Waals surface area contributed by atoms with Crippen molar-refractivity contribution in [3.8, 4) is 0 Å². The van der Waals surface area contributed by atoms with Gasteiger partial charge < -0.3 is 4.90 Å². The third kappa shape index (κ3) is 3.22. The van der Waals surface area contributed by atoms with Crippen molar-refractivity contribution in [3.63, 3.8) is 0 Å². The maximum atomic E-state index is 11.4. The third-order valence-corrected chi connectivity index (χ3v) is 3.10. The molecule has 1 saturated heterocycles. The van der Waals surface area contributed by atoms with E-state index >= 15 is 0 Å². The van der Waals surface area contributed by atoms with E-state index in [1.165, 1.54) is 12.8 Å². The minimum absolute atomic E-state index is 0.329. The molecule has 0 saturated carbocycles. The molecule has 0 radical (unpaired) electrons. The first kappa shape index (κ1) is 10.9. The zero-order valence-electron chi connectivity index (χ0n) is 8.33. The first-order valence-electron chi connectivity index (χ1n) is 5.16. The van der Waals surface area contributed by atoms with Gasteiger partial charge in [0.05, 0.1) is 0 Å². The first-order chi connectivity index (χ1) is 6.27. The van der Waals surface area contributed by atoms with Gasteiger partial charge in [-0.15, -0.1) is 0 Å². The standard InChI is InChI=1S/C10H19NOS/c1-2-3-4-5-11-7-9(8-13)6-10(11)12/h9,13H,2-8H2,1H3. The zero-order chi connectivity index (χ0) is 9.68. The maximum absolute atomic E-state index is 11.4. The largest absolute Gasteiger partial charge is 0.342 e. The summed E-state index contributed by atoms with van der Waals surface area (Å²) in [7, 11) is 0. The fourth-order valence-corrected chi connectivity index (χ4v) is 1.99. The summed E-state index contributed by atoms with van der Waals surface area (Å²) in [5.41, 5.74) is 0. The second-order valence-corrected chi connectivity index (χ2v) is 4.16. The summed E-state index contributed by atoms with van der Waals surface area (Å²) in [6, 6.07) is 0. The highest BCUT2D eigenvalue weighted by Gasteiger charge is 2.27. The van der Waals surface area contributed by atoms with E-state index in [1.807, 2.05) is 4.90 Å². The minimum atomic E-state index is 0.329. The van der Waals surface area contributed by atoms with Crippen LogP contribution < -0.4 is 0 Å². The number of carbonyl (C=O) groups is 1. The lowest BCUT2D eigenvalue weighted by atomic mass is 10.1. The first-order valence-corrected chi connectivity index (χ1v) is 5.79. The van der Waals surface area contributed by atoms with Crippen molar-refractivity contribution in [1.82, 2.24) is 4.90 Å². The summed E-state index contributed by atoms with van der Waals surface area (Å²) in [6.07, 6.45) is 4.32. The molecule has 1 aliphatic heterocycles. The van der Waals surface area contributed by atoms with Crippen LogP contribution in [0, 0.1) is 5.92 Å². The van der Waals surface area contributed by atoms with Crippen molar-refractivity contribution in [3.05, 3.63) is 0 Å². The molecule has 1 aliphatic rings. The van der Waals surface area contributed by atoms with Crippen molar-refractivity contribution in [2.24, 2.45) is 5.92 Å². The number of carbonyl (C=O) groups excluding carboxylic acids is 1. The molecule has 0 aromatic rings. The average Bonchev–Trinajstić information content (AvgIpc) is 2.48. The number of thiol groups is 1. The van der Waals surface area contributed by atoms with Crippen molar-refractivity contribution in [2.75, 3.05) is 18.8 Å². The zero-order valence-corrected chi connectivity index (χ0v) is 9.22. The Hall–Kier alpha value is -0.180. The summed E-state index contributed by atoms with van der Waals surface area (Å²) in [6.45, 7) is 4.07. The summed E-state index contributed by atoms with van der Waals surface area (Å²) in [4.78, 5) is 13.4. The van der Waals surface area contributed by atoms with Crippen LogP contribution in [0.4, 0.5) is 0 Å². The molecule has 76 valence electrons. The highest BCUT2D eigenvalue weighted by molar-refractivity contribution is 7.80. The Balaban J connectivity index is 2.23. The summed E-state index contributed by atoms with van der Waals surface area (Å²) >= 11 is 4.23. The lowest BCUT2D eigenvalue weighted by molar-refractivity contribution is -0.127. The van der Waals surface area contributed by atoms with E-state index in [0.29, 0.717) is 11.8 Å². The quantitative estimate of drug-likeness (QED) is 0.532. The van der Waals surface area contributed by atoms with E-state index in [1.54, 1.807) is 0 Å². The smallest absolute Gasteiger partial charge is 0.222 e. The molecule has 13 heavy (non-hydrogen) atoms. The number of hydrogen-bond donors (Lipinski definition) is 1. The van der Waals surface area contributed by atoms with Gasteiger partial charge in [-0.25, -0.2) is 0 Å². The van der Waals surface area contributed by atoms with Gasteiger partial charge in [0.15, 0.2) is 0 Å². The monoisotopic (exact) mass is 201 g/mol. The Labute approximate surface area is 86.1 Å². The molecular formula is C10H19NOS. The van der Waals surface area contributed by atoms with Crippen LogP contribution in [0.3, 0.4) is 0 Å². The van der Waals surface area contributed by atoms with Gasteiger partial charge in [0.1, 0.15) is 0 Å². The van der Waals surface area contributed by atoms with E-state index in [4.69, 9.17) is 0 Å². The van der Waals surface area contributed by atoms with E-state index in [-0.39, 0.29) is 0 Å². The average molecular weight is 201 g/mol. The number of unbranched alkanes of at least 4 members (excludes halogenated alkanes) is 2. The Morgan fingerprint density at radius 2 is 2.31 bits per heavy atom. The van der Waals surface area contributed by atoms with Gasteiger partial charge in [0, 0.05) is 19.5 Å². The predicted octanol–water partition coefficient (Wildman–Crippen LogP) is 1.95. The molecular weight excluding hydrogens is 182 g/mol. The molecule has 1 fully saturated rings. The van der Waals surface area contributed by atoms with Crippen molar-refractivity contribution in [2.45, 2.75) is 32.6 Å². The normalized spacial score (nSPS) is 22.8. The van der Waals surface area contributed by atoms with Crippen LogP contribution in [0.1, 0.15) is 32.6 Å². The second kappa shape index (κ2) is 5.53. The molecule has 3 heteroatoms. The van der Waals surface area contributed by atoms with Crippen LogP contribution >= 0.6 is 12.6 Å². The summed E-state index contributed by atoms with van der Waals surface area (Å²) in [5.74, 6) is 1.67. The van der Waals surface area contributed by atoms with E-state index in [9.17, 15) is 4.79 Å². The number of amides is 1. The molecule has 1 amide bonds. The van der Waals surface area contributed by atoms with Crippen LogP contribution in [0.5, 0.6) is 0 Å². The van der Waals surface area contributed by atoms with E-state index in [0.717, 1.165) is 31.7 Å². The molecule has 1 unspecified atom stereocenters. The number of rotatable bonds is 5. The molecule has 0 aromatic carbocycles. The maximum Gasteiger partial charge on any atom is 0.222 e. The summed E-state index contributed by atoms with van der Waals surface area (Å²) in [5, 5.41) is 0. The molecule has 0 bridgehead atoms. The topological polar surface area (TPSA) is 20.3 Å². The van der Waals surface area contributed by atoms with E-state index < -0.39 is 0 Å². The Bertz CT molecular complexity index is 172. The highest BCUT2D eigenvalue weighted by Crippen LogP contribution is 2.19. The van der Waals surface area contributed by atoms with E-state index in [2.05, 4.69) is 19.6 Å². The Kier molecular flexibility index (Phi) is 4.64. The fraction of sp³-hybridized carbons (Fsp3) is 0.900. The van der Waals surface area contributed by atoms with Crippen LogP contribution in [-0.2, 0) is 4.79 Å². The lowest BCUT2D eigenvalue weighted by Crippen LogP contribution is -2.26. The van der Waals surface area contributed by atoms with Crippen LogP contribution in [0.25, 0.3) is 0 Å². The Morgan fingerprint density at radius 3 is 2.85 bits per heavy atom. The molecule has 1 atom stereocenters. The van der Waals surface area contributed by atoms with Gasteiger partial charge in [-0.1, -0.05) is 19.8 Å². The number of nitrogens with zero attached hydrogens (tertiary/aromatic N) is 1. The number of likely N-dealkylation sites (tertiary alicyclic amines) is 1. The molecule has 0 aromatic heterocycles. The van der Waals surface area contributed by atoms with Crippen LogP contribution in [0.15, 0.2) is 0 Å². The number of hydrogen-bond acceptors (Lipinski definition) is 2. The van der Waals surface area contributed by atoms with Gasteiger partial charge in [-0.05, 0) is 18.1 Å². The lowest BCUT2D eigenvalue weighted by Gasteiger charge is -2.15. The molecule has 2 nitrogen and oxygen atoms in total. The molecule has 0 spiro atoms.